The van der Waals surface area contributed by atoms with Crippen LogP contribution in [0.15, 0.2) is 150 Å². The van der Waals surface area contributed by atoms with Crippen molar-refractivity contribution in [3.05, 3.63) is 190 Å². The lowest BCUT2D eigenvalue weighted by atomic mass is 9.33. The highest BCUT2D eigenvalue weighted by Gasteiger charge is 2.48. The quantitative estimate of drug-likeness (QED) is 0.160. The van der Waals surface area contributed by atoms with Gasteiger partial charge in [0.1, 0.15) is 11.2 Å². The first-order chi connectivity index (χ1) is 39.6. The maximum atomic E-state index is 9.48. The maximum absolute atomic E-state index is 9.48. The number of aryl methyl sites for hydroxylation is 1. The molecule has 0 N–H and O–H groups in total. The largest absolute Gasteiger partial charge is 0.456 e. The van der Waals surface area contributed by atoms with Crippen LogP contribution in [0, 0.1) is 6.85 Å². The van der Waals surface area contributed by atoms with Crippen LogP contribution < -0.4 is 31.1 Å². The lowest BCUT2D eigenvalue weighted by molar-refractivity contribution is 0.332. The number of hydrogen-bond acceptors (Lipinski definition) is 4. The van der Waals surface area contributed by atoms with Crippen LogP contribution in [0.5, 0.6) is 0 Å². The molecule has 2 aliphatic heterocycles. The van der Waals surface area contributed by atoms with E-state index < -0.39 is 12.3 Å². The molecule has 82 heavy (non-hydrogen) atoms. The summed E-state index contributed by atoms with van der Waals surface area (Å²) in [5.41, 5.74) is 22.9. The second-order valence-electron chi connectivity index (χ2n) is 30.6. The van der Waals surface area contributed by atoms with Gasteiger partial charge in [-0.05, 0) is 211 Å². The number of furan rings is 1. The zero-order valence-electron chi connectivity index (χ0n) is 55.0. The summed E-state index contributed by atoms with van der Waals surface area (Å²) in [4.78, 5) is 7.32. The molecule has 0 saturated carbocycles. The van der Waals surface area contributed by atoms with Gasteiger partial charge in [-0.25, -0.2) is 0 Å². The third-order valence-corrected chi connectivity index (χ3v) is 19.9. The molecular weight excluding hydrogens is 994 g/mol. The van der Waals surface area contributed by atoms with E-state index >= 15 is 0 Å². The molecule has 4 aliphatic rings. The molecular formula is C77H86BN3O. The molecule has 418 valence electrons. The summed E-state index contributed by atoms with van der Waals surface area (Å²) in [6.45, 7) is 37.1. The van der Waals surface area contributed by atoms with Crippen LogP contribution in [0.3, 0.4) is 0 Å². The van der Waals surface area contributed by atoms with Crippen LogP contribution >= 0.6 is 0 Å². The number of benzene rings is 8. The number of fused-ring (bicyclic) bond motifs is 9. The highest BCUT2D eigenvalue weighted by Crippen LogP contribution is 2.55. The van der Waals surface area contributed by atoms with Crippen LogP contribution in [0.2, 0.25) is 0 Å². The molecule has 13 rings (SSSR count). The first-order valence-electron chi connectivity index (χ1n) is 31.9. The van der Waals surface area contributed by atoms with E-state index in [0.717, 1.165) is 115 Å². The van der Waals surface area contributed by atoms with Gasteiger partial charge >= 0.3 is 0 Å². The minimum absolute atomic E-state index is 0.0133. The van der Waals surface area contributed by atoms with Crippen LogP contribution in [0.4, 0.5) is 51.2 Å². The monoisotopic (exact) mass is 1080 g/mol. The van der Waals surface area contributed by atoms with Gasteiger partial charge in [-0.2, -0.15) is 0 Å². The van der Waals surface area contributed by atoms with Gasteiger partial charge < -0.3 is 19.1 Å². The van der Waals surface area contributed by atoms with Gasteiger partial charge in [0.15, 0.2) is 0 Å². The Balaban J connectivity index is 1.17. The molecule has 0 atom stereocenters. The lowest BCUT2D eigenvalue weighted by Gasteiger charge is -2.48. The average Bonchev–Trinajstić information content (AvgIpc) is 0.956. The van der Waals surface area contributed by atoms with Crippen LogP contribution in [-0.4, -0.2) is 6.71 Å². The number of para-hydroxylation sites is 1. The zero-order chi connectivity index (χ0) is 60.7. The third-order valence-electron chi connectivity index (χ3n) is 19.9. The van der Waals surface area contributed by atoms with E-state index in [9.17, 15) is 4.11 Å². The van der Waals surface area contributed by atoms with Gasteiger partial charge in [0.2, 0.25) is 0 Å². The van der Waals surface area contributed by atoms with Gasteiger partial charge in [0.25, 0.3) is 6.71 Å². The molecule has 0 unspecified atom stereocenters. The van der Waals surface area contributed by atoms with E-state index in [4.69, 9.17) is 4.42 Å². The molecule has 2 aliphatic carbocycles. The molecule has 3 heterocycles. The summed E-state index contributed by atoms with van der Waals surface area (Å²) in [6, 6.07) is 54.6. The van der Waals surface area contributed by atoms with Gasteiger partial charge in [-0.1, -0.05) is 178 Å². The van der Waals surface area contributed by atoms with Crippen molar-refractivity contribution >= 4 is 96.2 Å². The molecule has 0 amide bonds. The fourth-order valence-corrected chi connectivity index (χ4v) is 14.8. The Labute approximate surface area is 495 Å². The highest BCUT2D eigenvalue weighted by atomic mass is 16.3. The van der Waals surface area contributed by atoms with Gasteiger partial charge in [0, 0.05) is 65.9 Å². The third kappa shape index (κ3) is 8.51. The van der Waals surface area contributed by atoms with E-state index in [1.54, 1.807) is 0 Å². The fraction of sp³-hybridized carbons (Fsp3) is 0.377. The minimum Gasteiger partial charge on any atom is -0.456 e. The van der Waals surface area contributed by atoms with Crippen molar-refractivity contribution in [1.82, 2.24) is 0 Å². The van der Waals surface area contributed by atoms with Crippen molar-refractivity contribution in [3.63, 3.8) is 0 Å². The molecule has 0 bridgehead atoms. The Morgan fingerprint density at radius 1 is 0.451 bits per heavy atom. The first kappa shape index (κ1) is 50.7. The molecule has 1 aromatic heterocycles. The summed E-state index contributed by atoms with van der Waals surface area (Å²) < 4.78 is 35.5. The number of rotatable bonds is 5. The predicted octanol–water partition coefficient (Wildman–Crippen LogP) is 20.0. The Morgan fingerprint density at radius 3 is 1.55 bits per heavy atom. The van der Waals surface area contributed by atoms with Crippen LogP contribution in [-0.2, 0) is 37.9 Å². The topological polar surface area (TPSA) is 22.9 Å². The molecule has 0 spiro atoms. The van der Waals surface area contributed by atoms with Crippen molar-refractivity contribution in [2.24, 2.45) is 0 Å². The van der Waals surface area contributed by atoms with Crippen molar-refractivity contribution in [1.29, 1.82) is 0 Å². The molecule has 0 radical (unpaired) electrons. The second-order valence-corrected chi connectivity index (χ2v) is 30.6. The predicted molar refractivity (Wildman–Crippen MR) is 354 cm³/mol. The van der Waals surface area contributed by atoms with Crippen molar-refractivity contribution in [3.8, 4) is 0 Å². The Hall–Kier alpha value is -6.98. The number of hydrogen-bond donors (Lipinski definition) is 0. The standard InChI is InChI=1S/C77H86BN3O/c1-47-41-65-69-66(42-47)81(62-36-33-55-54-21-19-20-22-67(54)82-70(55)68(62)73(8,9)10)63-44-53(79(50-27-23-48(24-28-50)71(2,3)4)51-29-25-49(26-30-51)72(5,6)7)32-35-60(63)78(69)61-45-58-59(77(17,18)40-39-76(58,15)16)46-64(61)80(65)52-31-34-56-57(43-52)75(13,14)38-37-74(56,11)12/h19-36,41-46H,37-40H2,1-18H3/i1D3. The Bertz CT molecular complexity index is 4140. The summed E-state index contributed by atoms with van der Waals surface area (Å²) in [7, 11) is 0. The minimum atomic E-state index is -2.45. The maximum Gasteiger partial charge on any atom is 0.252 e. The Morgan fingerprint density at radius 2 is 0.976 bits per heavy atom. The molecule has 8 aromatic carbocycles. The van der Waals surface area contributed by atoms with Crippen LogP contribution in [0.1, 0.15) is 192 Å². The Kier molecular flexibility index (Phi) is 11.1. The van der Waals surface area contributed by atoms with Crippen molar-refractivity contribution < 1.29 is 8.53 Å². The summed E-state index contributed by atoms with van der Waals surface area (Å²) in [5, 5.41) is 2.13. The van der Waals surface area contributed by atoms with E-state index in [-0.39, 0.29) is 39.2 Å². The van der Waals surface area contributed by atoms with E-state index in [2.05, 4.69) is 260 Å². The molecule has 5 heteroatoms. The lowest BCUT2D eigenvalue weighted by Crippen LogP contribution is -2.62. The van der Waals surface area contributed by atoms with Gasteiger partial charge in [0.05, 0.1) is 5.69 Å². The van der Waals surface area contributed by atoms with Gasteiger partial charge in [-0.15, -0.1) is 0 Å². The second kappa shape index (κ2) is 18.0. The number of nitrogens with zero attached hydrogens (tertiary/aromatic N) is 3. The van der Waals surface area contributed by atoms with E-state index in [1.807, 2.05) is 18.2 Å². The molecule has 4 nitrogen and oxygen atoms in total. The smallest absolute Gasteiger partial charge is 0.252 e. The number of anilines is 9. The van der Waals surface area contributed by atoms with Crippen molar-refractivity contribution in [2.75, 3.05) is 14.7 Å². The molecule has 0 saturated heterocycles. The first-order valence-corrected chi connectivity index (χ1v) is 30.4. The molecule has 0 fully saturated rings. The highest BCUT2D eigenvalue weighted by molar-refractivity contribution is 7.00. The van der Waals surface area contributed by atoms with Crippen LogP contribution in [0.25, 0.3) is 21.9 Å². The average molecular weight is 1080 g/mol. The SMILES string of the molecule is [2H]C([2H])([2H])c1cc2c3c(c1)N(c1ccc4c(oc5ccccc54)c1C(C)(C)C)c1cc(N(c4ccc(C(C)(C)C)cc4)c4ccc(C(C)(C)C)cc4)ccc1B3c1cc3c(cc1N2c1ccc2c(c1)C(C)(C)CCC2(C)C)C(C)(C)CCC3(C)C. The normalized spacial score (nSPS) is 18.2. The summed E-state index contributed by atoms with van der Waals surface area (Å²) in [6.07, 6.45) is 4.35. The van der Waals surface area contributed by atoms with Crippen molar-refractivity contribution in [2.45, 2.75) is 188 Å². The van der Waals surface area contributed by atoms with E-state index in [1.165, 1.54) is 38.8 Å². The summed E-state index contributed by atoms with van der Waals surface area (Å²) in [5.74, 6) is 0. The zero-order valence-corrected chi connectivity index (χ0v) is 52.0. The van der Waals surface area contributed by atoms with E-state index in [0.29, 0.717) is 5.56 Å². The van der Waals surface area contributed by atoms with Gasteiger partial charge in [-0.3, -0.25) is 0 Å². The summed E-state index contributed by atoms with van der Waals surface area (Å²) >= 11 is 0. The molecule has 9 aromatic rings. The fourth-order valence-electron chi connectivity index (χ4n) is 14.8.